The van der Waals surface area contributed by atoms with Gasteiger partial charge in [-0.2, -0.15) is 0 Å². The molecule has 1 heterocycles. The number of aromatic hydroxyl groups is 1. The summed E-state index contributed by atoms with van der Waals surface area (Å²) in [6.07, 6.45) is 5.36. The number of hydrogen-bond donors (Lipinski definition) is 2. The maximum atomic E-state index is 9.14. The first-order chi connectivity index (χ1) is 7.58. The Bertz CT molecular complexity index is 345. The van der Waals surface area contributed by atoms with Gasteiger partial charge in [-0.3, -0.25) is 4.98 Å². The second-order valence-corrected chi connectivity index (χ2v) is 5.32. The summed E-state index contributed by atoms with van der Waals surface area (Å²) in [6, 6.07) is 4.14. The first-order valence-electron chi connectivity index (χ1n) is 5.95. The van der Waals surface area contributed by atoms with Gasteiger partial charge >= 0.3 is 0 Å². The van der Waals surface area contributed by atoms with Gasteiger partial charge < -0.3 is 10.4 Å². The van der Waals surface area contributed by atoms with Crippen molar-refractivity contribution in [3.8, 4) is 5.75 Å². The van der Waals surface area contributed by atoms with Crippen LogP contribution < -0.4 is 5.32 Å². The number of pyridine rings is 1. The maximum Gasteiger partial charge on any atom is 0.133 e. The smallest absolute Gasteiger partial charge is 0.133 e. The molecule has 1 aromatic heterocycles. The Kier molecular flexibility index (Phi) is 3.15. The molecule has 0 spiro atoms. The molecule has 0 aromatic carbocycles. The van der Waals surface area contributed by atoms with Gasteiger partial charge in [-0.05, 0) is 30.4 Å². The number of nitrogens with one attached hydrogen (secondary N) is 1. The molecule has 16 heavy (non-hydrogen) atoms. The fraction of sp³-hybridized carbons (Fsp3) is 0.615. The predicted octanol–water partition coefficient (Wildman–Crippen LogP) is 2.46. The Balaban J connectivity index is 1.90. The summed E-state index contributed by atoms with van der Waals surface area (Å²) in [5, 5.41) is 12.7. The van der Waals surface area contributed by atoms with Crippen LogP contribution in [0.2, 0.25) is 0 Å². The highest BCUT2D eigenvalue weighted by molar-refractivity contribution is 5.17. The van der Waals surface area contributed by atoms with Crippen molar-refractivity contribution in [1.29, 1.82) is 0 Å². The van der Waals surface area contributed by atoms with Crippen molar-refractivity contribution in [2.75, 3.05) is 0 Å². The zero-order chi connectivity index (χ0) is 11.6. The molecule has 2 N–H and O–H groups in total. The van der Waals surface area contributed by atoms with E-state index >= 15 is 0 Å². The molecular weight excluding hydrogens is 200 g/mol. The van der Waals surface area contributed by atoms with E-state index in [2.05, 4.69) is 24.1 Å². The van der Waals surface area contributed by atoms with E-state index < -0.39 is 0 Å². The van der Waals surface area contributed by atoms with Crippen LogP contribution in [0.25, 0.3) is 0 Å². The molecule has 2 rings (SSSR count). The molecule has 1 unspecified atom stereocenters. The van der Waals surface area contributed by atoms with Gasteiger partial charge in [0.05, 0.1) is 11.9 Å². The van der Waals surface area contributed by atoms with E-state index in [1.165, 1.54) is 25.5 Å². The van der Waals surface area contributed by atoms with Crippen molar-refractivity contribution in [2.45, 2.75) is 45.7 Å². The number of nitrogens with zero attached hydrogens (tertiary/aromatic N) is 1. The van der Waals surface area contributed by atoms with Gasteiger partial charge in [-0.1, -0.05) is 20.3 Å². The summed E-state index contributed by atoms with van der Waals surface area (Å²) < 4.78 is 0. The van der Waals surface area contributed by atoms with Crippen LogP contribution in [0.1, 0.15) is 38.8 Å². The van der Waals surface area contributed by atoms with Crippen molar-refractivity contribution in [2.24, 2.45) is 5.41 Å². The normalized spacial score (nSPS) is 23.5. The Morgan fingerprint density at radius 2 is 2.31 bits per heavy atom. The molecule has 1 aromatic rings. The third kappa shape index (κ3) is 2.53. The fourth-order valence-electron chi connectivity index (χ4n) is 2.45. The zero-order valence-corrected chi connectivity index (χ0v) is 10.0. The van der Waals surface area contributed by atoms with E-state index in [4.69, 9.17) is 5.11 Å². The molecular formula is C13H20N2O. The summed E-state index contributed by atoms with van der Waals surface area (Å²) in [5.74, 6) is 0.227. The molecule has 0 saturated heterocycles. The van der Waals surface area contributed by atoms with E-state index in [-0.39, 0.29) is 5.75 Å². The summed E-state index contributed by atoms with van der Waals surface area (Å²) in [5.41, 5.74) is 1.39. The lowest BCUT2D eigenvalue weighted by molar-refractivity contribution is 0.282. The van der Waals surface area contributed by atoms with Gasteiger partial charge in [0.25, 0.3) is 0 Å². The second kappa shape index (κ2) is 4.42. The van der Waals surface area contributed by atoms with Gasteiger partial charge in [0, 0.05) is 12.6 Å². The second-order valence-electron chi connectivity index (χ2n) is 5.32. The zero-order valence-electron chi connectivity index (χ0n) is 10.0. The van der Waals surface area contributed by atoms with Crippen molar-refractivity contribution in [3.05, 3.63) is 24.0 Å². The first kappa shape index (κ1) is 11.4. The monoisotopic (exact) mass is 220 g/mol. The van der Waals surface area contributed by atoms with E-state index in [9.17, 15) is 0 Å². The summed E-state index contributed by atoms with van der Waals surface area (Å²) in [6.45, 7) is 5.43. The molecule has 0 bridgehead atoms. The van der Waals surface area contributed by atoms with E-state index in [0.717, 1.165) is 12.2 Å². The Labute approximate surface area is 96.9 Å². The molecule has 3 heteroatoms. The molecule has 88 valence electrons. The molecule has 0 amide bonds. The van der Waals surface area contributed by atoms with E-state index in [0.29, 0.717) is 11.5 Å². The van der Waals surface area contributed by atoms with Crippen LogP contribution in [0.5, 0.6) is 5.75 Å². The average Bonchev–Trinajstić information content (AvgIpc) is 2.57. The number of hydrogen-bond acceptors (Lipinski definition) is 3. The van der Waals surface area contributed by atoms with Crippen LogP contribution in [0.15, 0.2) is 18.3 Å². The lowest BCUT2D eigenvalue weighted by Gasteiger charge is -2.27. The Morgan fingerprint density at radius 3 is 2.88 bits per heavy atom. The van der Waals surface area contributed by atoms with Crippen LogP contribution in [-0.4, -0.2) is 16.1 Å². The summed E-state index contributed by atoms with van der Waals surface area (Å²) in [4.78, 5) is 4.17. The molecule has 1 aliphatic rings. The minimum atomic E-state index is 0.227. The lowest BCUT2D eigenvalue weighted by atomic mass is 9.87. The lowest BCUT2D eigenvalue weighted by Crippen LogP contribution is -2.37. The van der Waals surface area contributed by atoms with Crippen LogP contribution in [0.3, 0.4) is 0 Å². The standard InChI is InChI=1S/C13H20N2O/c1-13(2)7-3-4-12(13)15-8-10-5-6-11(16)9-14-10/h5-6,9,12,15-16H,3-4,7-8H2,1-2H3. The van der Waals surface area contributed by atoms with E-state index in [1.807, 2.05) is 6.07 Å². The minimum Gasteiger partial charge on any atom is -0.506 e. The summed E-state index contributed by atoms with van der Waals surface area (Å²) >= 11 is 0. The van der Waals surface area contributed by atoms with Crippen molar-refractivity contribution in [3.63, 3.8) is 0 Å². The predicted molar refractivity (Wildman–Crippen MR) is 64.2 cm³/mol. The molecule has 1 atom stereocenters. The quantitative estimate of drug-likeness (QED) is 0.822. The molecule has 1 saturated carbocycles. The average molecular weight is 220 g/mol. The highest BCUT2D eigenvalue weighted by atomic mass is 16.3. The first-order valence-corrected chi connectivity index (χ1v) is 5.95. The number of aromatic nitrogens is 1. The Hall–Kier alpha value is -1.09. The SMILES string of the molecule is CC1(C)CCCC1NCc1ccc(O)cn1. The Morgan fingerprint density at radius 1 is 1.50 bits per heavy atom. The molecule has 1 fully saturated rings. The van der Waals surface area contributed by atoms with Crippen molar-refractivity contribution >= 4 is 0 Å². The van der Waals surface area contributed by atoms with Crippen LogP contribution >= 0.6 is 0 Å². The van der Waals surface area contributed by atoms with E-state index in [1.54, 1.807) is 6.07 Å². The highest BCUT2D eigenvalue weighted by Gasteiger charge is 2.33. The third-order valence-corrected chi connectivity index (χ3v) is 3.60. The van der Waals surface area contributed by atoms with Crippen molar-refractivity contribution < 1.29 is 5.11 Å². The van der Waals surface area contributed by atoms with Gasteiger partial charge in [0.1, 0.15) is 5.75 Å². The van der Waals surface area contributed by atoms with Crippen LogP contribution in [0.4, 0.5) is 0 Å². The van der Waals surface area contributed by atoms with Crippen LogP contribution in [0, 0.1) is 5.41 Å². The summed E-state index contributed by atoms with van der Waals surface area (Å²) in [7, 11) is 0. The highest BCUT2D eigenvalue weighted by Crippen LogP contribution is 2.37. The molecule has 0 radical (unpaired) electrons. The molecule has 1 aliphatic carbocycles. The topological polar surface area (TPSA) is 45.1 Å². The fourth-order valence-corrected chi connectivity index (χ4v) is 2.45. The third-order valence-electron chi connectivity index (χ3n) is 3.60. The van der Waals surface area contributed by atoms with Gasteiger partial charge in [0.15, 0.2) is 0 Å². The maximum absolute atomic E-state index is 9.14. The largest absolute Gasteiger partial charge is 0.506 e. The van der Waals surface area contributed by atoms with Crippen molar-refractivity contribution in [1.82, 2.24) is 10.3 Å². The van der Waals surface area contributed by atoms with Gasteiger partial charge in [-0.25, -0.2) is 0 Å². The van der Waals surface area contributed by atoms with Gasteiger partial charge in [0.2, 0.25) is 0 Å². The van der Waals surface area contributed by atoms with Crippen LogP contribution in [-0.2, 0) is 6.54 Å². The minimum absolute atomic E-state index is 0.227. The molecule has 0 aliphatic heterocycles. The van der Waals surface area contributed by atoms with Gasteiger partial charge in [-0.15, -0.1) is 0 Å². The molecule has 3 nitrogen and oxygen atoms in total. The number of rotatable bonds is 3.